The lowest BCUT2D eigenvalue weighted by Gasteiger charge is -2.18. The Hall–Kier alpha value is -2.24. The molecule has 6 nitrogen and oxygen atoms in total. The molecule has 6 heteroatoms. The number of ether oxygens (including phenoxy) is 2. The molecule has 0 saturated heterocycles. The standard InChI is InChI=1S/C16H22N2O4/c1-11(2)9-17-16(19)10-22-18-12(3)13-4-5-14-15(8-13)21-7-6-20-14/h4-5,8,11H,6-7,9-10H2,1-3H3,(H,17,19)/b18-12+. The van der Waals surface area contributed by atoms with E-state index >= 15 is 0 Å². The Morgan fingerprint density at radius 2 is 2.05 bits per heavy atom. The van der Waals surface area contributed by atoms with E-state index in [1.807, 2.05) is 39.0 Å². The normalized spacial score (nSPS) is 13.9. The van der Waals surface area contributed by atoms with Gasteiger partial charge in [-0.1, -0.05) is 19.0 Å². The number of nitrogens with one attached hydrogen (secondary N) is 1. The van der Waals surface area contributed by atoms with Gasteiger partial charge in [0.15, 0.2) is 18.1 Å². The fourth-order valence-corrected chi connectivity index (χ4v) is 1.88. The van der Waals surface area contributed by atoms with Gasteiger partial charge < -0.3 is 19.6 Å². The molecule has 1 aromatic carbocycles. The van der Waals surface area contributed by atoms with E-state index in [0.717, 1.165) is 11.3 Å². The van der Waals surface area contributed by atoms with E-state index < -0.39 is 0 Å². The van der Waals surface area contributed by atoms with Gasteiger partial charge in [-0.3, -0.25) is 4.79 Å². The maximum absolute atomic E-state index is 11.5. The van der Waals surface area contributed by atoms with Crippen molar-refractivity contribution in [1.29, 1.82) is 0 Å². The van der Waals surface area contributed by atoms with Gasteiger partial charge in [0.2, 0.25) is 0 Å². The van der Waals surface area contributed by atoms with Gasteiger partial charge in [-0.25, -0.2) is 0 Å². The molecule has 1 heterocycles. The van der Waals surface area contributed by atoms with Gasteiger partial charge in [0.25, 0.3) is 5.91 Å². The zero-order valence-corrected chi connectivity index (χ0v) is 13.2. The molecular weight excluding hydrogens is 284 g/mol. The van der Waals surface area contributed by atoms with Gasteiger partial charge >= 0.3 is 0 Å². The molecule has 0 spiro atoms. The zero-order valence-electron chi connectivity index (χ0n) is 13.2. The zero-order chi connectivity index (χ0) is 15.9. The molecule has 0 saturated carbocycles. The molecular formula is C16H22N2O4. The van der Waals surface area contributed by atoms with Crippen LogP contribution in [0.4, 0.5) is 0 Å². The molecule has 1 aliphatic heterocycles. The number of hydrogen-bond acceptors (Lipinski definition) is 5. The molecule has 0 fully saturated rings. The molecule has 0 bridgehead atoms. The molecule has 0 unspecified atom stereocenters. The highest BCUT2D eigenvalue weighted by Gasteiger charge is 2.12. The van der Waals surface area contributed by atoms with E-state index in [9.17, 15) is 4.79 Å². The average Bonchev–Trinajstić information content (AvgIpc) is 2.52. The van der Waals surface area contributed by atoms with Crippen LogP contribution in [0.1, 0.15) is 26.3 Å². The third kappa shape index (κ3) is 4.65. The van der Waals surface area contributed by atoms with Crippen molar-refractivity contribution < 1.29 is 19.1 Å². The van der Waals surface area contributed by atoms with Crippen LogP contribution in [-0.2, 0) is 9.63 Å². The lowest BCUT2D eigenvalue weighted by atomic mass is 10.1. The summed E-state index contributed by atoms with van der Waals surface area (Å²) in [6.07, 6.45) is 0. The summed E-state index contributed by atoms with van der Waals surface area (Å²) in [6.45, 7) is 7.53. The van der Waals surface area contributed by atoms with Crippen molar-refractivity contribution in [3.63, 3.8) is 0 Å². The van der Waals surface area contributed by atoms with Crippen molar-refractivity contribution in [2.75, 3.05) is 26.4 Å². The first-order chi connectivity index (χ1) is 10.6. The van der Waals surface area contributed by atoms with Crippen LogP contribution in [0.5, 0.6) is 11.5 Å². The van der Waals surface area contributed by atoms with Crippen molar-refractivity contribution in [2.24, 2.45) is 11.1 Å². The Morgan fingerprint density at radius 3 is 2.77 bits per heavy atom. The minimum Gasteiger partial charge on any atom is -0.486 e. The number of carbonyl (C=O) groups is 1. The van der Waals surface area contributed by atoms with Gasteiger partial charge in [0.05, 0.1) is 5.71 Å². The van der Waals surface area contributed by atoms with Crippen LogP contribution < -0.4 is 14.8 Å². The van der Waals surface area contributed by atoms with Crippen LogP contribution >= 0.6 is 0 Å². The summed E-state index contributed by atoms with van der Waals surface area (Å²) in [5.74, 6) is 1.67. The number of benzene rings is 1. The second-order valence-electron chi connectivity index (χ2n) is 5.51. The summed E-state index contributed by atoms with van der Waals surface area (Å²) in [5.41, 5.74) is 1.54. The number of rotatable bonds is 6. The van der Waals surface area contributed by atoms with E-state index in [1.165, 1.54) is 0 Å². The van der Waals surface area contributed by atoms with Gasteiger partial charge in [0, 0.05) is 12.1 Å². The highest BCUT2D eigenvalue weighted by atomic mass is 16.6. The summed E-state index contributed by atoms with van der Waals surface area (Å²) < 4.78 is 11.0. The molecule has 0 atom stereocenters. The van der Waals surface area contributed by atoms with Crippen molar-refractivity contribution in [2.45, 2.75) is 20.8 Å². The van der Waals surface area contributed by atoms with Gasteiger partial charge in [-0.05, 0) is 31.0 Å². The summed E-state index contributed by atoms with van der Waals surface area (Å²) in [7, 11) is 0. The number of fused-ring (bicyclic) bond motifs is 1. The number of hydrogen-bond donors (Lipinski definition) is 1. The average molecular weight is 306 g/mol. The third-order valence-electron chi connectivity index (χ3n) is 3.06. The van der Waals surface area contributed by atoms with Crippen molar-refractivity contribution in [1.82, 2.24) is 5.32 Å². The summed E-state index contributed by atoms with van der Waals surface area (Å²) in [5, 5.41) is 6.74. The summed E-state index contributed by atoms with van der Waals surface area (Å²) in [4.78, 5) is 16.6. The van der Waals surface area contributed by atoms with Crippen LogP contribution in [0, 0.1) is 5.92 Å². The van der Waals surface area contributed by atoms with E-state index in [1.54, 1.807) is 0 Å². The van der Waals surface area contributed by atoms with E-state index in [2.05, 4.69) is 10.5 Å². The van der Waals surface area contributed by atoms with Crippen molar-refractivity contribution in [3.05, 3.63) is 23.8 Å². The molecule has 1 aromatic rings. The Morgan fingerprint density at radius 1 is 1.32 bits per heavy atom. The van der Waals surface area contributed by atoms with Crippen LogP contribution in [0.25, 0.3) is 0 Å². The predicted octanol–water partition coefficient (Wildman–Crippen LogP) is 1.97. The predicted molar refractivity (Wildman–Crippen MR) is 83.4 cm³/mol. The molecule has 0 radical (unpaired) electrons. The fourth-order valence-electron chi connectivity index (χ4n) is 1.88. The first kappa shape index (κ1) is 16.1. The van der Waals surface area contributed by atoms with E-state index in [4.69, 9.17) is 14.3 Å². The van der Waals surface area contributed by atoms with Crippen LogP contribution in [0.3, 0.4) is 0 Å². The molecule has 1 amide bonds. The number of nitrogens with zero attached hydrogens (tertiary/aromatic N) is 1. The van der Waals surface area contributed by atoms with E-state index in [0.29, 0.717) is 37.1 Å². The molecule has 22 heavy (non-hydrogen) atoms. The van der Waals surface area contributed by atoms with Gasteiger partial charge in [0.1, 0.15) is 13.2 Å². The Kier molecular flexibility index (Phi) is 5.63. The highest BCUT2D eigenvalue weighted by molar-refractivity contribution is 5.99. The first-order valence-electron chi connectivity index (χ1n) is 7.39. The monoisotopic (exact) mass is 306 g/mol. The van der Waals surface area contributed by atoms with Crippen LogP contribution in [0.15, 0.2) is 23.4 Å². The molecule has 1 aliphatic rings. The second-order valence-corrected chi connectivity index (χ2v) is 5.51. The van der Waals surface area contributed by atoms with Crippen molar-refractivity contribution in [3.8, 4) is 11.5 Å². The maximum atomic E-state index is 11.5. The molecule has 2 rings (SSSR count). The summed E-state index contributed by atoms with van der Waals surface area (Å²) >= 11 is 0. The number of oxime groups is 1. The van der Waals surface area contributed by atoms with Crippen molar-refractivity contribution >= 4 is 11.6 Å². The van der Waals surface area contributed by atoms with Crippen LogP contribution in [0.2, 0.25) is 0 Å². The topological polar surface area (TPSA) is 69.2 Å². The highest BCUT2D eigenvalue weighted by Crippen LogP contribution is 2.30. The second kappa shape index (κ2) is 7.68. The molecule has 0 aromatic heterocycles. The smallest absolute Gasteiger partial charge is 0.260 e. The summed E-state index contributed by atoms with van der Waals surface area (Å²) in [6, 6.07) is 5.59. The Balaban J connectivity index is 1.88. The van der Waals surface area contributed by atoms with Crippen LogP contribution in [-0.4, -0.2) is 38.0 Å². The Bertz CT molecular complexity index is 555. The largest absolute Gasteiger partial charge is 0.486 e. The molecule has 0 aliphatic carbocycles. The minimum absolute atomic E-state index is 0.0887. The lowest BCUT2D eigenvalue weighted by Crippen LogP contribution is -2.30. The number of carbonyl (C=O) groups excluding carboxylic acids is 1. The molecule has 1 N–H and O–H groups in total. The van der Waals surface area contributed by atoms with E-state index in [-0.39, 0.29) is 12.5 Å². The SMILES string of the molecule is C/C(=N\OCC(=O)NCC(C)C)c1ccc2c(c1)OCCO2. The quantitative estimate of drug-likeness (QED) is 0.644. The first-order valence-corrected chi connectivity index (χ1v) is 7.39. The minimum atomic E-state index is -0.174. The third-order valence-corrected chi connectivity index (χ3v) is 3.06. The lowest BCUT2D eigenvalue weighted by molar-refractivity contribution is -0.125. The fraction of sp³-hybridized carbons (Fsp3) is 0.500. The Labute approximate surface area is 130 Å². The molecule has 120 valence electrons. The number of amides is 1. The maximum Gasteiger partial charge on any atom is 0.260 e. The van der Waals surface area contributed by atoms with Gasteiger partial charge in [-0.2, -0.15) is 0 Å². The van der Waals surface area contributed by atoms with Gasteiger partial charge in [-0.15, -0.1) is 0 Å².